The SMILES string of the molecule is CC(Cc1ccc2c(c1)OCO2)N(C)C(C)NC(=O)C1=CN(C)C=CC1. The molecule has 1 aromatic carbocycles. The van der Waals surface area contributed by atoms with Crippen molar-refractivity contribution >= 4 is 5.91 Å². The van der Waals surface area contributed by atoms with Crippen LogP contribution in [-0.4, -0.2) is 48.8 Å². The number of carbonyl (C=O) groups excluding carboxylic acids is 1. The molecule has 3 rings (SSSR count). The van der Waals surface area contributed by atoms with E-state index in [4.69, 9.17) is 9.47 Å². The van der Waals surface area contributed by atoms with Crippen molar-refractivity contribution in [3.8, 4) is 11.5 Å². The minimum absolute atomic E-state index is 0.0178. The van der Waals surface area contributed by atoms with Gasteiger partial charge in [0.25, 0.3) is 0 Å². The first-order chi connectivity index (χ1) is 12.4. The first-order valence-corrected chi connectivity index (χ1v) is 8.94. The van der Waals surface area contributed by atoms with Crippen molar-refractivity contribution in [3.63, 3.8) is 0 Å². The van der Waals surface area contributed by atoms with Crippen LogP contribution in [0.3, 0.4) is 0 Å². The van der Waals surface area contributed by atoms with Crippen LogP contribution >= 0.6 is 0 Å². The third-order valence-electron chi connectivity index (χ3n) is 4.94. The Morgan fingerprint density at radius 3 is 2.85 bits per heavy atom. The van der Waals surface area contributed by atoms with E-state index in [1.54, 1.807) is 0 Å². The van der Waals surface area contributed by atoms with Crippen molar-refractivity contribution in [2.24, 2.45) is 0 Å². The molecule has 2 atom stereocenters. The summed E-state index contributed by atoms with van der Waals surface area (Å²) >= 11 is 0. The van der Waals surface area contributed by atoms with Crippen molar-refractivity contribution in [1.82, 2.24) is 15.1 Å². The molecule has 1 aromatic rings. The number of fused-ring (bicyclic) bond motifs is 1. The Morgan fingerprint density at radius 1 is 1.31 bits per heavy atom. The molecule has 1 N–H and O–H groups in total. The molecule has 2 aliphatic rings. The minimum atomic E-state index is -0.0661. The van der Waals surface area contributed by atoms with Gasteiger partial charge < -0.3 is 19.7 Å². The lowest BCUT2D eigenvalue weighted by Crippen LogP contribution is -2.49. The van der Waals surface area contributed by atoms with Gasteiger partial charge in [0.05, 0.1) is 6.17 Å². The minimum Gasteiger partial charge on any atom is -0.454 e. The Kier molecular flexibility index (Phi) is 5.52. The standard InChI is InChI=1S/C20H27N3O3/c1-14(10-16-7-8-18-19(11-16)26-13-25-18)23(4)15(2)21-20(24)17-6-5-9-22(3)12-17/h5,7-9,11-12,14-15H,6,10,13H2,1-4H3,(H,21,24). The van der Waals surface area contributed by atoms with Crippen molar-refractivity contribution < 1.29 is 14.3 Å². The van der Waals surface area contributed by atoms with Crippen LogP contribution in [0.25, 0.3) is 0 Å². The molecule has 1 amide bonds. The van der Waals surface area contributed by atoms with Crippen LogP contribution in [0.2, 0.25) is 0 Å². The van der Waals surface area contributed by atoms with E-state index >= 15 is 0 Å². The first kappa shape index (κ1) is 18.3. The van der Waals surface area contributed by atoms with Crippen molar-refractivity contribution in [1.29, 1.82) is 0 Å². The number of carbonyl (C=O) groups is 1. The fraction of sp³-hybridized carbons (Fsp3) is 0.450. The Labute approximate surface area is 155 Å². The van der Waals surface area contributed by atoms with E-state index in [-0.39, 0.29) is 24.9 Å². The van der Waals surface area contributed by atoms with E-state index in [9.17, 15) is 4.79 Å². The number of amides is 1. The molecule has 0 bridgehead atoms. The van der Waals surface area contributed by atoms with Crippen LogP contribution in [0.5, 0.6) is 11.5 Å². The predicted molar refractivity (Wildman–Crippen MR) is 101 cm³/mol. The highest BCUT2D eigenvalue weighted by Gasteiger charge is 2.21. The lowest BCUT2D eigenvalue weighted by molar-refractivity contribution is -0.119. The van der Waals surface area contributed by atoms with E-state index in [2.05, 4.69) is 23.2 Å². The number of ether oxygens (including phenoxy) is 2. The largest absolute Gasteiger partial charge is 0.454 e. The average Bonchev–Trinajstić information content (AvgIpc) is 3.08. The van der Waals surface area contributed by atoms with Gasteiger partial charge in [-0.15, -0.1) is 0 Å². The molecule has 6 heteroatoms. The van der Waals surface area contributed by atoms with Gasteiger partial charge >= 0.3 is 0 Å². The monoisotopic (exact) mass is 357 g/mol. The predicted octanol–water partition coefficient (Wildman–Crippen LogP) is 2.47. The van der Waals surface area contributed by atoms with Crippen LogP contribution in [0.15, 0.2) is 42.2 Å². The Balaban J connectivity index is 1.55. The zero-order valence-corrected chi connectivity index (χ0v) is 15.9. The van der Waals surface area contributed by atoms with E-state index < -0.39 is 0 Å². The summed E-state index contributed by atoms with van der Waals surface area (Å²) in [6, 6.07) is 6.31. The lowest BCUT2D eigenvalue weighted by atomic mass is 10.1. The fourth-order valence-corrected chi connectivity index (χ4v) is 3.16. The van der Waals surface area contributed by atoms with E-state index in [1.165, 1.54) is 5.56 Å². The Hall–Kier alpha value is -2.47. The second-order valence-electron chi connectivity index (χ2n) is 6.96. The van der Waals surface area contributed by atoms with Gasteiger partial charge in [-0.05, 0) is 57.6 Å². The molecule has 0 saturated heterocycles. The molecule has 0 spiro atoms. The number of rotatable bonds is 6. The van der Waals surface area contributed by atoms with Gasteiger partial charge in [-0.2, -0.15) is 0 Å². The summed E-state index contributed by atoms with van der Waals surface area (Å²) in [5.41, 5.74) is 1.97. The van der Waals surface area contributed by atoms with Gasteiger partial charge in [0, 0.05) is 24.9 Å². The van der Waals surface area contributed by atoms with Crippen LogP contribution in [0.4, 0.5) is 0 Å². The Bertz CT molecular complexity index is 729. The van der Waals surface area contributed by atoms with Gasteiger partial charge in [0.1, 0.15) is 0 Å². The van der Waals surface area contributed by atoms with Gasteiger partial charge in [0.2, 0.25) is 12.7 Å². The number of benzene rings is 1. The van der Waals surface area contributed by atoms with Crippen LogP contribution in [-0.2, 0) is 11.2 Å². The van der Waals surface area contributed by atoms with Crippen LogP contribution in [0.1, 0.15) is 25.8 Å². The molecule has 0 aliphatic carbocycles. The molecule has 6 nitrogen and oxygen atoms in total. The summed E-state index contributed by atoms with van der Waals surface area (Å²) in [5, 5.41) is 3.09. The summed E-state index contributed by atoms with van der Waals surface area (Å²) in [4.78, 5) is 16.5. The molecule has 0 fully saturated rings. The number of hydrogen-bond donors (Lipinski definition) is 1. The fourth-order valence-electron chi connectivity index (χ4n) is 3.16. The molecule has 0 radical (unpaired) electrons. The first-order valence-electron chi connectivity index (χ1n) is 8.94. The molecule has 2 heterocycles. The normalized spacial score (nSPS) is 17.9. The molecule has 0 saturated carbocycles. The zero-order valence-electron chi connectivity index (χ0n) is 15.9. The third-order valence-corrected chi connectivity index (χ3v) is 4.94. The molecule has 0 aromatic heterocycles. The summed E-state index contributed by atoms with van der Waals surface area (Å²) in [6.45, 7) is 4.46. The number of allylic oxidation sites excluding steroid dienone is 1. The summed E-state index contributed by atoms with van der Waals surface area (Å²) in [5.74, 6) is 1.59. The number of nitrogens with zero attached hydrogens (tertiary/aromatic N) is 2. The lowest BCUT2D eigenvalue weighted by Gasteiger charge is -2.32. The van der Waals surface area contributed by atoms with Crippen LogP contribution in [0, 0.1) is 0 Å². The Morgan fingerprint density at radius 2 is 2.08 bits per heavy atom. The third kappa shape index (κ3) is 4.19. The summed E-state index contributed by atoms with van der Waals surface area (Å²) < 4.78 is 10.8. The molecule has 2 aliphatic heterocycles. The molecule has 140 valence electrons. The second-order valence-corrected chi connectivity index (χ2v) is 6.96. The average molecular weight is 357 g/mol. The van der Waals surface area contributed by atoms with Gasteiger partial charge in [-0.25, -0.2) is 0 Å². The number of nitrogens with one attached hydrogen (secondary N) is 1. The summed E-state index contributed by atoms with van der Waals surface area (Å²) in [7, 11) is 3.95. The molecular formula is C20H27N3O3. The van der Waals surface area contributed by atoms with Crippen LogP contribution < -0.4 is 14.8 Å². The van der Waals surface area contributed by atoms with Crippen molar-refractivity contribution in [2.45, 2.75) is 38.9 Å². The maximum Gasteiger partial charge on any atom is 0.250 e. The van der Waals surface area contributed by atoms with Crippen molar-refractivity contribution in [3.05, 3.63) is 47.8 Å². The molecule has 26 heavy (non-hydrogen) atoms. The highest BCUT2D eigenvalue weighted by molar-refractivity contribution is 5.93. The molecular weight excluding hydrogens is 330 g/mol. The van der Waals surface area contributed by atoms with Gasteiger partial charge in [0.15, 0.2) is 11.5 Å². The number of likely N-dealkylation sites (N-methyl/N-ethyl adjacent to an activating group) is 1. The van der Waals surface area contributed by atoms with E-state index in [1.807, 2.05) is 56.5 Å². The smallest absolute Gasteiger partial charge is 0.250 e. The molecule has 2 unspecified atom stereocenters. The van der Waals surface area contributed by atoms with Gasteiger partial charge in [-0.1, -0.05) is 12.1 Å². The highest BCUT2D eigenvalue weighted by atomic mass is 16.7. The quantitative estimate of drug-likeness (QED) is 0.793. The second kappa shape index (κ2) is 7.83. The maximum atomic E-state index is 12.5. The van der Waals surface area contributed by atoms with E-state index in [0.717, 1.165) is 23.5 Å². The highest BCUT2D eigenvalue weighted by Crippen LogP contribution is 2.33. The van der Waals surface area contributed by atoms with Gasteiger partial charge in [-0.3, -0.25) is 9.69 Å². The summed E-state index contributed by atoms with van der Waals surface area (Å²) in [6.07, 6.45) is 7.29. The topological polar surface area (TPSA) is 54.0 Å². The van der Waals surface area contributed by atoms with E-state index in [0.29, 0.717) is 6.42 Å². The van der Waals surface area contributed by atoms with Crippen molar-refractivity contribution in [2.75, 3.05) is 20.9 Å². The zero-order chi connectivity index (χ0) is 18.7. The number of hydrogen-bond acceptors (Lipinski definition) is 5. The maximum absolute atomic E-state index is 12.5.